The molecule has 0 fully saturated rings. The van der Waals surface area contributed by atoms with Gasteiger partial charge in [0, 0.05) is 0 Å². The molecule has 0 aliphatic carbocycles. The van der Waals surface area contributed by atoms with Crippen LogP contribution in [0, 0.1) is 13.8 Å². The van der Waals surface area contributed by atoms with E-state index >= 15 is 0 Å². The minimum atomic E-state index is 0.0546. The molecule has 0 N–H and O–H groups in total. The maximum atomic E-state index is 5.81. The summed E-state index contributed by atoms with van der Waals surface area (Å²) in [6, 6.07) is 6.12. The van der Waals surface area contributed by atoms with E-state index in [-0.39, 0.29) is 5.38 Å². The van der Waals surface area contributed by atoms with Gasteiger partial charge in [-0.05, 0) is 31.9 Å². The van der Waals surface area contributed by atoms with Crippen molar-refractivity contribution in [1.29, 1.82) is 0 Å². The molecule has 0 bridgehead atoms. The van der Waals surface area contributed by atoms with Crippen molar-refractivity contribution < 1.29 is 4.74 Å². The Morgan fingerprint density at radius 1 is 1.31 bits per heavy atom. The second kappa shape index (κ2) is 4.52. The summed E-state index contributed by atoms with van der Waals surface area (Å²) in [4.78, 5) is 0. The lowest BCUT2D eigenvalue weighted by Crippen LogP contribution is -2.08. The minimum absolute atomic E-state index is 0.0546. The van der Waals surface area contributed by atoms with Crippen molar-refractivity contribution in [3.05, 3.63) is 29.3 Å². The molecule has 72 valence electrons. The fourth-order valence-corrected chi connectivity index (χ4v) is 1.29. The van der Waals surface area contributed by atoms with E-state index in [0.29, 0.717) is 6.61 Å². The molecule has 0 radical (unpaired) electrons. The van der Waals surface area contributed by atoms with Crippen LogP contribution in [0.4, 0.5) is 0 Å². The standard InChI is InChI=1S/C11H15ClO/c1-8-5-4-6-9(2)11(8)13-7-10(3)12/h4-6,10H,7H2,1-3H3. The van der Waals surface area contributed by atoms with Gasteiger partial charge in [0.05, 0.1) is 5.38 Å². The predicted molar refractivity (Wildman–Crippen MR) is 56.7 cm³/mol. The molecule has 1 aromatic rings. The molecule has 0 saturated carbocycles. The Hall–Kier alpha value is -0.690. The van der Waals surface area contributed by atoms with Crippen molar-refractivity contribution in [2.24, 2.45) is 0 Å². The van der Waals surface area contributed by atoms with Gasteiger partial charge in [-0.3, -0.25) is 0 Å². The maximum absolute atomic E-state index is 5.81. The summed E-state index contributed by atoms with van der Waals surface area (Å²) < 4.78 is 5.60. The van der Waals surface area contributed by atoms with Crippen molar-refractivity contribution in [3.63, 3.8) is 0 Å². The molecular weight excluding hydrogens is 184 g/mol. The number of para-hydroxylation sites is 1. The van der Waals surface area contributed by atoms with Crippen molar-refractivity contribution in [3.8, 4) is 5.75 Å². The molecule has 0 aromatic heterocycles. The number of alkyl halides is 1. The monoisotopic (exact) mass is 198 g/mol. The lowest BCUT2D eigenvalue weighted by atomic mass is 10.1. The molecule has 0 saturated heterocycles. The number of hydrogen-bond donors (Lipinski definition) is 0. The van der Waals surface area contributed by atoms with Gasteiger partial charge in [-0.25, -0.2) is 0 Å². The van der Waals surface area contributed by atoms with Gasteiger partial charge in [-0.1, -0.05) is 18.2 Å². The summed E-state index contributed by atoms with van der Waals surface area (Å²) in [5, 5.41) is 0.0546. The zero-order chi connectivity index (χ0) is 9.84. The Labute approximate surface area is 84.7 Å². The van der Waals surface area contributed by atoms with Crippen molar-refractivity contribution >= 4 is 11.6 Å². The van der Waals surface area contributed by atoms with Crippen molar-refractivity contribution in [2.75, 3.05) is 6.61 Å². The third-order valence-corrected chi connectivity index (χ3v) is 1.99. The highest BCUT2D eigenvalue weighted by atomic mass is 35.5. The van der Waals surface area contributed by atoms with Crippen molar-refractivity contribution in [1.82, 2.24) is 0 Å². The third-order valence-electron chi connectivity index (χ3n) is 1.87. The number of rotatable bonds is 3. The second-order valence-electron chi connectivity index (χ2n) is 3.31. The maximum Gasteiger partial charge on any atom is 0.125 e. The Morgan fingerprint density at radius 2 is 1.85 bits per heavy atom. The first-order valence-electron chi connectivity index (χ1n) is 4.44. The first-order valence-corrected chi connectivity index (χ1v) is 4.88. The van der Waals surface area contributed by atoms with E-state index < -0.39 is 0 Å². The molecule has 1 unspecified atom stereocenters. The summed E-state index contributed by atoms with van der Waals surface area (Å²) in [7, 11) is 0. The second-order valence-corrected chi connectivity index (χ2v) is 4.06. The molecule has 0 aliphatic heterocycles. The topological polar surface area (TPSA) is 9.23 Å². The summed E-state index contributed by atoms with van der Waals surface area (Å²) in [5.41, 5.74) is 2.33. The summed E-state index contributed by atoms with van der Waals surface area (Å²) in [5.74, 6) is 0.968. The Morgan fingerprint density at radius 3 is 2.31 bits per heavy atom. The Kier molecular flexibility index (Phi) is 3.61. The smallest absolute Gasteiger partial charge is 0.125 e. The predicted octanol–water partition coefficient (Wildman–Crippen LogP) is 3.31. The zero-order valence-electron chi connectivity index (χ0n) is 8.30. The molecule has 1 rings (SSSR count). The Balaban J connectivity index is 2.75. The van der Waals surface area contributed by atoms with Crippen molar-refractivity contribution in [2.45, 2.75) is 26.1 Å². The van der Waals surface area contributed by atoms with Crippen LogP contribution < -0.4 is 4.74 Å². The normalized spacial score (nSPS) is 12.6. The van der Waals surface area contributed by atoms with Gasteiger partial charge >= 0.3 is 0 Å². The summed E-state index contributed by atoms with van der Waals surface area (Å²) in [6.45, 7) is 6.57. The average Bonchev–Trinajstić information content (AvgIpc) is 2.03. The number of benzene rings is 1. The van der Waals surface area contributed by atoms with Crippen LogP contribution in [0.5, 0.6) is 5.75 Å². The fourth-order valence-electron chi connectivity index (χ4n) is 1.23. The van der Waals surface area contributed by atoms with Crippen LogP contribution in [0.2, 0.25) is 0 Å². The Bertz CT molecular complexity index is 261. The highest BCUT2D eigenvalue weighted by Gasteiger charge is 2.04. The van der Waals surface area contributed by atoms with Crippen LogP contribution in [-0.4, -0.2) is 12.0 Å². The lowest BCUT2D eigenvalue weighted by Gasteiger charge is -2.12. The third kappa shape index (κ3) is 2.92. The minimum Gasteiger partial charge on any atom is -0.492 e. The van der Waals surface area contributed by atoms with Crippen LogP contribution in [0.15, 0.2) is 18.2 Å². The molecule has 1 nitrogen and oxygen atoms in total. The van der Waals surface area contributed by atoms with E-state index in [1.165, 1.54) is 0 Å². The van der Waals surface area contributed by atoms with Crippen LogP contribution in [0.25, 0.3) is 0 Å². The SMILES string of the molecule is Cc1cccc(C)c1OCC(C)Cl. The quantitative estimate of drug-likeness (QED) is 0.678. The highest BCUT2D eigenvalue weighted by molar-refractivity contribution is 6.20. The number of hydrogen-bond acceptors (Lipinski definition) is 1. The number of halogens is 1. The van der Waals surface area contributed by atoms with Gasteiger partial charge in [0.2, 0.25) is 0 Å². The fraction of sp³-hybridized carbons (Fsp3) is 0.455. The molecular formula is C11H15ClO. The van der Waals surface area contributed by atoms with Crippen LogP contribution in [-0.2, 0) is 0 Å². The van der Waals surface area contributed by atoms with E-state index in [4.69, 9.17) is 16.3 Å². The van der Waals surface area contributed by atoms with Crippen LogP contribution in [0.1, 0.15) is 18.1 Å². The first-order chi connectivity index (χ1) is 6.11. The number of ether oxygens (including phenoxy) is 1. The van der Waals surface area contributed by atoms with Crippen LogP contribution in [0.3, 0.4) is 0 Å². The number of aryl methyl sites for hydroxylation is 2. The molecule has 1 atom stereocenters. The molecule has 0 amide bonds. The van der Waals surface area contributed by atoms with Gasteiger partial charge in [0.25, 0.3) is 0 Å². The van der Waals surface area contributed by atoms with Gasteiger partial charge in [0.1, 0.15) is 12.4 Å². The van der Waals surface area contributed by atoms with Crippen LogP contribution >= 0.6 is 11.6 Å². The van der Waals surface area contributed by atoms with Gasteiger partial charge < -0.3 is 4.74 Å². The molecule has 0 heterocycles. The molecule has 0 spiro atoms. The summed E-state index contributed by atoms with van der Waals surface area (Å²) in [6.07, 6.45) is 0. The molecule has 0 aliphatic rings. The summed E-state index contributed by atoms with van der Waals surface area (Å²) >= 11 is 5.81. The van der Waals surface area contributed by atoms with E-state index in [0.717, 1.165) is 16.9 Å². The van der Waals surface area contributed by atoms with E-state index in [9.17, 15) is 0 Å². The largest absolute Gasteiger partial charge is 0.492 e. The first kappa shape index (κ1) is 10.4. The molecule has 13 heavy (non-hydrogen) atoms. The average molecular weight is 199 g/mol. The van der Waals surface area contributed by atoms with Gasteiger partial charge in [0.15, 0.2) is 0 Å². The van der Waals surface area contributed by atoms with E-state index in [1.54, 1.807) is 0 Å². The van der Waals surface area contributed by atoms with E-state index in [1.807, 2.05) is 39.0 Å². The highest BCUT2D eigenvalue weighted by Crippen LogP contribution is 2.22. The molecule has 1 aromatic carbocycles. The van der Waals surface area contributed by atoms with Gasteiger partial charge in [-0.2, -0.15) is 0 Å². The van der Waals surface area contributed by atoms with E-state index in [2.05, 4.69) is 0 Å². The zero-order valence-corrected chi connectivity index (χ0v) is 9.06. The molecule has 2 heteroatoms. The van der Waals surface area contributed by atoms with Gasteiger partial charge in [-0.15, -0.1) is 11.6 Å². The lowest BCUT2D eigenvalue weighted by molar-refractivity contribution is 0.316.